The molecule has 0 atom stereocenters. The Balaban J connectivity index is 1.22. The Bertz CT molecular complexity index is 2780. The lowest BCUT2D eigenvalue weighted by molar-refractivity contribution is 0.660. The van der Waals surface area contributed by atoms with Gasteiger partial charge in [-0.15, -0.1) is 0 Å². The summed E-state index contributed by atoms with van der Waals surface area (Å²) in [5.41, 5.74) is 11.2. The van der Waals surface area contributed by atoms with Gasteiger partial charge in [-0.25, -0.2) is 0 Å². The average Bonchev–Trinajstić information content (AvgIpc) is 3.40. The Morgan fingerprint density at radius 2 is 0.980 bits per heavy atom. The Kier molecular flexibility index (Phi) is 6.29. The number of hydrogen-bond donors (Lipinski definition) is 0. The second kappa shape index (κ2) is 10.9. The number of benzene rings is 9. The molecule has 1 nitrogen and oxygen atoms in total. The molecule has 50 heavy (non-hydrogen) atoms. The van der Waals surface area contributed by atoms with Gasteiger partial charge in [-0.3, -0.25) is 0 Å². The summed E-state index contributed by atoms with van der Waals surface area (Å²) in [5.74, 6) is 0. The fraction of sp³-hybridized carbons (Fsp3) is 0.0612. The molecular weight excluding hydrogens is 603 g/mol. The highest BCUT2D eigenvalue weighted by Gasteiger charge is 2.35. The lowest BCUT2D eigenvalue weighted by atomic mass is 9.82. The van der Waals surface area contributed by atoms with Crippen molar-refractivity contribution in [3.63, 3.8) is 0 Å². The fourth-order valence-corrected chi connectivity index (χ4v) is 8.47. The van der Waals surface area contributed by atoms with Crippen LogP contribution < -0.4 is 4.90 Å². The van der Waals surface area contributed by atoms with Crippen molar-refractivity contribution in [2.24, 2.45) is 0 Å². The molecule has 0 N–H and O–H groups in total. The van der Waals surface area contributed by atoms with Gasteiger partial charge >= 0.3 is 0 Å². The van der Waals surface area contributed by atoms with Crippen molar-refractivity contribution in [3.8, 4) is 22.3 Å². The highest BCUT2D eigenvalue weighted by Crippen LogP contribution is 2.51. The zero-order valence-electron chi connectivity index (χ0n) is 28.2. The highest BCUT2D eigenvalue weighted by molar-refractivity contribution is 6.24. The van der Waals surface area contributed by atoms with Crippen molar-refractivity contribution in [1.82, 2.24) is 0 Å². The van der Waals surface area contributed by atoms with Crippen LogP contribution in [0.15, 0.2) is 176 Å². The van der Waals surface area contributed by atoms with Gasteiger partial charge in [0.15, 0.2) is 0 Å². The van der Waals surface area contributed by atoms with Gasteiger partial charge < -0.3 is 4.90 Å². The van der Waals surface area contributed by atoms with E-state index in [2.05, 4.69) is 195 Å². The molecule has 0 aliphatic heterocycles. The summed E-state index contributed by atoms with van der Waals surface area (Å²) < 4.78 is 0. The van der Waals surface area contributed by atoms with Crippen LogP contribution in [0.25, 0.3) is 65.3 Å². The van der Waals surface area contributed by atoms with Crippen molar-refractivity contribution in [2.75, 3.05) is 4.90 Å². The monoisotopic (exact) mass is 637 g/mol. The number of rotatable bonds is 4. The van der Waals surface area contributed by atoms with Crippen molar-refractivity contribution >= 4 is 60.2 Å². The molecule has 9 aromatic carbocycles. The first-order chi connectivity index (χ1) is 24.5. The number of hydrogen-bond acceptors (Lipinski definition) is 1. The van der Waals surface area contributed by atoms with E-state index in [0.717, 1.165) is 11.4 Å². The Morgan fingerprint density at radius 1 is 0.380 bits per heavy atom. The minimum absolute atomic E-state index is 0.102. The van der Waals surface area contributed by atoms with Crippen LogP contribution in [-0.4, -0.2) is 0 Å². The van der Waals surface area contributed by atoms with E-state index in [1.54, 1.807) is 0 Å². The predicted molar refractivity (Wildman–Crippen MR) is 214 cm³/mol. The molecule has 1 aliphatic carbocycles. The van der Waals surface area contributed by atoms with Gasteiger partial charge in [0.05, 0.1) is 5.69 Å². The van der Waals surface area contributed by atoms with Crippen molar-refractivity contribution in [1.29, 1.82) is 0 Å². The lowest BCUT2D eigenvalue weighted by Gasteiger charge is -2.29. The van der Waals surface area contributed by atoms with E-state index >= 15 is 0 Å². The van der Waals surface area contributed by atoms with Crippen molar-refractivity contribution < 1.29 is 0 Å². The number of nitrogens with zero attached hydrogens (tertiary/aromatic N) is 1. The molecule has 0 unspecified atom stereocenters. The zero-order chi connectivity index (χ0) is 33.4. The minimum Gasteiger partial charge on any atom is -0.310 e. The molecule has 9 aromatic rings. The molecule has 1 aliphatic rings. The van der Waals surface area contributed by atoms with Crippen LogP contribution in [-0.2, 0) is 5.41 Å². The molecule has 0 amide bonds. The maximum atomic E-state index is 2.48. The summed E-state index contributed by atoms with van der Waals surface area (Å²) >= 11 is 0. The molecule has 0 saturated heterocycles. The van der Waals surface area contributed by atoms with Crippen LogP contribution >= 0.6 is 0 Å². The highest BCUT2D eigenvalue weighted by atomic mass is 15.1. The van der Waals surface area contributed by atoms with Crippen LogP contribution in [0.2, 0.25) is 0 Å². The molecule has 10 rings (SSSR count). The van der Waals surface area contributed by atoms with Gasteiger partial charge in [0, 0.05) is 22.2 Å². The van der Waals surface area contributed by atoms with E-state index < -0.39 is 0 Å². The smallest absolute Gasteiger partial charge is 0.0546 e. The van der Waals surface area contributed by atoms with Crippen LogP contribution in [0.1, 0.15) is 25.0 Å². The average molecular weight is 638 g/mol. The number of anilines is 3. The molecule has 0 spiro atoms. The summed E-state index contributed by atoms with van der Waals surface area (Å²) in [4.78, 5) is 2.48. The van der Waals surface area contributed by atoms with Crippen molar-refractivity contribution in [3.05, 3.63) is 187 Å². The van der Waals surface area contributed by atoms with Gasteiger partial charge in [-0.2, -0.15) is 0 Å². The Labute approximate surface area is 292 Å². The Morgan fingerprint density at radius 3 is 1.82 bits per heavy atom. The molecule has 0 radical (unpaired) electrons. The summed E-state index contributed by atoms with van der Waals surface area (Å²) in [7, 11) is 0. The van der Waals surface area contributed by atoms with E-state index in [9.17, 15) is 0 Å². The van der Waals surface area contributed by atoms with E-state index in [1.165, 1.54) is 82.2 Å². The van der Waals surface area contributed by atoms with Crippen LogP contribution in [0.4, 0.5) is 17.1 Å². The van der Waals surface area contributed by atoms with Gasteiger partial charge in [0.25, 0.3) is 0 Å². The third-order valence-electron chi connectivity index (χ3n) is 11.0. The largest absolute Gasteiger partial charge is 0.310 e. The van der Waals surface area contributed by atoms with E-state index in [0.29, 0.717) is 0 Å². The summed E-state index contributed by atoms with van der Waals surface area (Å²) in [6.45, 7) is 4.73. The molecule has 0 fully saturated rings. The van der Waals surface area contributed by atoms with Crippen LogP contribution in [0, 0.1) is 0 Å². The Hall–Kier alpha value is -6.18. The predicted octanol–water partition coefficient (Wildman–Crippen LogP) is 13.7. The first-order valence-corrected chi connectivity index (χ1v) is 17.5. The maximum Gasteiger partial charge on any atom is 0.0546 e. The topological polar surface area (TPSA) is 3.24 Å². The van der Waals surface area contributed by atoms with E-state index in [4.69, 9.17) is 0 Å². The van der Waals surface area contributed by atoms with Gasteiger partial charge in [-0.05, 0) is 107 Å². The molecule has 0 heterocycles. The molecule has 0 aromatic heterocycles. The third-order valence-corrected chi connectivity index (χ3v) is 11.0. The second-order valence-electron chi connectivity index (χ2n) is 14.2. The van der Waals surface area contributed by atoms with Gasteiger partial charge in [0.2, 0.25) is 0 Å². The summed E-state index contributed by atoms with van der Waals surface area (Å²) in [6.07, 6.45) is 0. The first kappa shape index (κ1) is 28.8. The standard InChI is InChI=1S/C49H35N/c1-49(2)44-16-8-7-15-42(44)43-29-28-40(31-45(43)49)50(39-26-24-33(25-27-39)38-23-18-32-10-3-4-12-37(32)30-38)46-17-9-13-35-21-22-36-20-19-34-11-5-6-14-41(34)47(36)48(35)46/h3-31H,1-2H3. The molecule has 0 saturated carbocycles. The second-order valence-corrected chi connectivity index (χ2v) is 14.2. The van der Waals surface area contributed by atoms with Crippen LogP contribution in [0.5, 0.6) is 0 Å². The minimum atomic E-state index is -0.102. The lowest BCUT2D eigenvalue weighted by Crippen LogP contribution is -2.16. The summed E-state index contributed by atoms with van der Waals surface area (Å²) in [5, 5.41) is 10.1. The number of fused-ring (bicyclic) bond motifs is 9. The molecule has 0 bridgehead atoms. The van der Waals surface area contributed by atoms with Gasteiger partial charge in [-0.1, -0.05) is 153 Å². The summed E-state index contributed by atoms with van der Waals surface area (Å²) in [6, 6.07) is 65.1. The molecule has 236 valence electrons. The quantitative estimate of drug-likeness (QED) is 0.174. The molecular formula is C49H35N. The SMILES string of the molecule is CC1(C)c2ccccc2-c2ccc(N(c3ccc(-c4ccc5ccccc5c4)cc3)c3cccc4ccc5ccc6ccccc6c5c34)cc21. The van der Waals surface area contributed by atoms with E-state index in [1.807, 2.05) is 0 Å². The molecule has 1 heteroatoms. The first-order valence-electron chi connectivity index (χ1n) is 17.5. The van der Waals surface area contributed by atoms with E-state index in [-0.39, 0.29) is 5.41 Å². The van der Waals surface area contributed by atoms with Gasteiger partial charge in [0.1, 0.15) is 0 Å². The van der Waals surface area contributed by atoms with Crippen LogP contribution in [0.3, 0.4) is 0 Å². The normalized spacial score (nSPS) is 13.2. The zero-order valence-corrected chi connectivity index (χ0v) is 28.2. The van der Waals surface area contributed by atoms with Crippen molar-refractivity contribution in [2.45, 2.75) is 19.3 Å². The fourth-order valence-electron chi connectivity index (χ4n) is 8.47. The maximum absolute atomic E-state index is 2.48. The third kappa shape index (κ3) is 4.33.